The zero-order chi connectivity index (χ0) is 18.8. The van der Waals surface area contributed by atoms with E-state index in [-0.39, 0.29) is 29.7 Å². The van der Waals surface area contributed by atoms with Crippen LogP contribution in [0.25, 0.3) is 22.3 Å². The number of carbonyl (C=O) groups excluding carboxylic acids is 1. The first-order chi connectivity index (χ1) is 13.0. The molecule has 0 amide bonds. The van der Waals surface area contributed by atoms with Gasteiger partial charge in [-0.3, -0.25) is 4.79 Å². The molecule has 27 heavy (non-hydrogen) atoms. The number of fused-ring (bicyclic) bond motifs is 5. The van der Waals surface area contributed by atoms with Gasteiger partial charge in [0.25, 0.3) is 5.56 Å². The molecule has 0 saturated heterocycles. The lowest BCUT2D eigenvalue weighted by molar-refractivity contribution is -0.173. The van der Waals surface area contributed by atoms with Gasteiger partial charge in [-0.1, -0.05) is 18.2 Å². The first kappa shape index (κ1) is 16.2. The molecule has 4 heterocycles. The fourth-order valence-electron chi connectivity index (χ4n) is 3.99. The molecule has 2 aromatic heterocycles. The normalized spacial score (nSPS) is 20.1. The highest BCUT2D eigenvalue weighted by atomic mass is 16.6. The van der Waals surface area contributed by atoms with Gasteiger partial charge in [0.1, 0.15) is 6.61 Å². The predicted octanol–water partition coefficient (Wildman–Crippen LogP) is 1.05. The summed E-state index contributed by atoms with van der Waals surface area (Å²) in [4.78, 5) is 29.9. The summed E-state index contributed by atoms with van der Waals surface area (Å²) in [6, 6.07) is 11.3. The highest BCUT2D eigenvalue weighted by Crippen LogP contribution is 2.38. The van der Waals surface area contributed by atoms with Crippen LogP contribution in [0.2, 0.25) is 0 Å². The number of hydrogen-bond acceptors (Lipinski definition) is 6. The molecule has 2 aliphatic heterocycles. The van der Waals surface area contributed by atoms with Gasteiger partial charge in [0, 0.05) is 29.5 Å². The minimum atomic E-state index is -2.03. The summed E-state index contributed by atoms with van der Waals surface area (Å²) >= 11 is 0. The number of cyclic esters (lactones) is 1. The van der Waals surface area contributed by atoms with Crippen LogP contribution in [-0.2, 0) is 28.3 Å². The van der Waals surface area contributed by atoms with Crippen molar-refractivity contribution in [2.24, 2.45) is 0 Å². The molecule has 0 saturated carbocycles. The average molecular weight is 364 g/mol. The van der Waals surface area contributed by atoms with Crippen LogP contribution < -0.4 is 5.56 Å². The Hall–Kier alpha value is -3.03. The summed E-state index contributed by atoms with van der Waals surface area (Å²) in [5.41, 5.74) is 1.04. The second kappa shape index (κ2) is 5.48. The van der Waals surface area contributed by atoms with Crippen molar-refractivity contribution in [3.63, 3.8) is 0 Å². The third-order valence-corrected chi connectivity index (χ3v) is 5.38. The van der Waals surface area contributed by atoms with Gasteiger partial charge in [0.2, 0.25) is 0 Å². The Morgan fingerprint density at radius 1 is 1.22 bits per heavy atom. The molecule has 0 aliphatic carbocycles. The average Bonchev–Trinajstić information content (AvgIpc) is 3.02. The van der Waals surface area contributed by atoms with E-state index in [4.69, 9.17) is 9.72 Å². The molecule has 2 aliphatic rings. The summed E-state index contributed by atoms with van der Waals surface area (Å²) in [6.07, 6.45) is -0.236. The number of nitrogens with zero attached hydrogens (tertiary/aromatic N) is 2. The van der Waals surface area contributed by atoms with Crippen molar-refractivity contribution in [2.75, 3.05) is 6.61 Å². The Morgan fingerprint density at radius 3 is 2.85 bits per heavy atom. The number of carbonyl (C=O) groups is 1. The topological polar surface area (TPSA) is 102 Å². The number of para-hydroxylation sites is 1. The molecule has 3 aromatic rings. The minimum absolute atomic E-state index is 0.188. The molecule has 7 heteroatoms. The number of ether oxygens (including phenoxy) is 1. The van der Waals surface area contributed by atoms with Crippen molar-refractivity contribution < 1.29 is 19.7 Å². The van der Waals surface area contributed by atoms with Crippen molar-refractivity contribution in [3.05, 3.63) is 63.4 Å². The van der Waals surface area contributed by atoms with Crippen LogP contribution in [0.1, 0.15) is 23.1 Å². The molecule has 0 spiro atoms. The fraction of sp³-hybridized carbons (Fsp3) is 0.250. The van der Waals surface area contributed by atoms with Crippen molar-refractivity contribution in [3.8, 4) is 11.4 Å². The maximum atomic E-state index is 13.0. The molecule has 0 bridgehead atoms. The van der Waals surface area contributed by atoms with Crippen LogP contribution in [0.15, 0.2) is 41.2 Å². The first-order valence-corrected chi connectivity index (χ1v) is 8.69. The van der Waals surface area contributed by atoms with Crippen molar-refractivity contribution in [1.29, 1.82) is 0 Å². The maximum Gasteiger partial charge on any atom is 0.343 e. The number of benzene rings is 1. The zero-order valence-electron chi connectivity index (χ0n) is 14.3. The van der Waals surface area contributed by atoms with E-state index >= 15 is 0 Å². The Morgan fingerprint density at radius 2 is 2.04 bits per heavy atom. The second-order valence-corrected chi connectivity index (χ2v) is 6.91. The molecule has 1 aromatic carbocycles. The van der Waals surface area contributed by atoms with Crippen molar-refractivity contribution >= 4 is 16.9 Å². The minimum Gasteiger partial charge on any atom is -0.458 e. The van der Waals surface area contributed by atoms with E-state index in [0.717, 1.165) is 16.5 Å². The second-order valence-electron chi connectivity index (χ2n) is 6.91. The molecule has 1 atom stereocenters. The monoisotopic (exact) mass is 364 g/mol. The number of aliphatic hydroxyl groups excluding tert-OH is 1. The number of hydrogen-bond donors (Lipinski definition) is 2. The summed E-state index contributed by atoms with van der Waals surface area (Å²) < 4.78 is 6.62. The summed E-state index contributed by atoms with van der Waals surface area (Å²) in [5, 5.41) is 21.2. The lowest BCUT2D eigenvalue weighted by Gasteiger charge is -2.32. The van der Waals surface area contributed by atoms with Crippen molar-refractivity contribution in [2.45, 2.75) is 25.2 Å². The Labute approximate surface area is 153 Å². The Kier molecular flexibility index (Phi) is 3.28. The lowest BCUT2D eigenvalue weighted by Crippen LogP contribution is -2.45. The number of esters is 1. The van der Waals surface area contributed by atoms with Crippen LogP contribution in [-0.4, -0.2) is 32.3 Å². The SMILES string of the molecule is O=C1OCc2c(cc3n(c2=O)Cc2cc4ccccc4nc2-3)[C@@]1(O)CCO. The van der Waals surface area contributed by atoms with Crippen LogP contribution in [0.4, 0.5) is 0 Å². The standard InChI is InChI=1S/C20H16N2O5/c23-6-5-20(26)14-8-16-17-12(7-11-3-1-2-4-15(11)21-17)9-22(16)18(24)13(14)10-27-19(20)25/h1-4,7-8,23,26H,5-6,9-10H2/t20-/m0/s1. The largest absolute Gasteiger partial charge is 0.458 e. The van der Waals surface area contributed by atoms with E-state index in [1.165, 1.54) is 0 Å². The molecule has 0 unspecified atom stereocenters. The lowest BCUT2D eigenvalue weighted by atomic mass is 9.85. The predicted molar refractivity (Wildman–Crippen MR) is 95.9 cm³/mol. The molecule has 0 radical (unpaired) electrons. The van der Waals surface area contributed by atoms with E-state index in [2.05, 4.69) is 0 Å². The third kappa shape index (κ3) is 2.12. The molecule has 0 fully saturated rings. The van der Waals surface area contributed by atoms with E-state index in [1.807, 2.05) is 30.3 Å². The highest BCUT2D eigenvalue weighted by Gasteiger charge is 2.46. The molecule has 7 nitrogen and oxygen atoms in total. The third-order valence-electron chi connectivity index (χ3n) is 5.38. The quantitative estimate of drug-likeness (QED) is 0.516. The van der Waals surface area contributed by atoms with E-state index in [1.54, 1.807) is 10.6 Å². The van der Waals surface area contributed by atoms with Gasteiger partial charge >= 0.3 is 5.97 Å². The summed E-state index contributed by atoms with van der Waals surface area (Å²) in [7, 11) is 0. The fourth-order valence-corrected chi connectivity index (χ4v) is 3.99. The highest BCUT2D eigenvalue weighted by molar-refractivity contribution is 5.86. The van der Waals surface area contributed by atoms with Gasteiger partial charge in [-0.15, -0.1) is 0 Å². The number of aliphatic hydroxyl groups is 2. The van der Waals surface area contributed by atoms with Crippen LogP contribution in [0, 0.1) is 0 Å². The smallest absolute Gasteiger partial charge is 0.343 e. The van der Waals surface area contributed by atoms with Gasteiger partial charge in [0.05, 0.1) is 29.0 Å². The molecule has 136 valence electrons. The Bertz CT molecular complexity index is 1180. The van der Waals surface area contributed by atoms with Gasteiger partial charge in [0.15, 0.2) is 5.60 Å². The number of aromatic nitrogens is 2. The van der Waals surface area contributed by atoms with E-state index < -0.39 is 18.2 Å². The number of rotatable bonds is 2. The van der Waals surface area contributed by atoms with Crippen LogP contribution in [0.3, 0.4) is 0 Å². The zero-order valence-corrected chi connectivity index (χ0v) is 14.3. The van der Waals surface area contributed by atoms with E-state index in [9.17, 15) is 19.8 Å². The Balaban J connectivity index is 1.79. The van der Waals surface area contributed by atoms with Gasteiger partial charge in [-0.25, -0.2) is 9.78 Å². The summed E-state index contributed by atoms with van der Waals surface area (Å²) in [6.45, 7) is -0.226. The first-order valence-electron chi connectivity index (χ1n) is 8.69. The van der Waals surface area contributed by atoms with Crippen molar-refractivity contribution in [1.82, 2.24) is 9.55 Å². The van der Waals surface area contributed by atoms with Gasteiger partial charge < -0.3 is 19.5 Å². The van der Waals surface area contributed by atoms with E-state index in [0.29, 0.717) is 17.9 Å². The summed E-state index contributed by atoms with van der Waals surface area (Å²) in [5.74, 6) is -0.849. The number of pyridine rings is 2. The molecule has 2 N–H and O–H groups in total. The molecular formula is C20H16N2O5. The van der Waals surface area contributed by atoms with Gasteiger partial charge in [-0.2, -0.15) is 0 Å². The molecular weight excluding hydrogens is 348 g/mol. The van der Waals surface area contributed by atoms with Crippen LogP contribution in [0.5, 0.6) is 0 Å². The van der Waals surface area contributed by atoms with Crippen LogP contribution >= 0.6 is 0 Å². The maximum absolute atomic E-state index is 13.0. The molecule has 5 rings (SSSR count). The van der Waals surface area contributed by atoms with Gasteiger partial charge in [-0.05, 0) is 18.2 Å².